The maximum absolute atomic E-state index is 9.53. The van der Waals surface area contributed by atoms with Crippen LogP contribution in [0.25, 0.3) is 0 Å². The van der Waals surface area contributed by atoms with E-state index in [2.05, 4.69) is 0 Å². The highest BCUT2D eigenvalue weighted by molar-refractivity contribution is 4.88. The van der Waals surface area contributed by atoms with Crippen LogP contribution in [-0.4, -0.2) is 22.4 Å². The third-order valence-electron chi connectivity index (χ3n) is 3.36. The van der Waals surface area contributed by atoms with Gasteiger partial charge in [0.25, 0.3) is 0 Å². The van der Waals surface area contributed by atoms with Crippen molar-refractivity contribution in [2.24, 2.45) is 11.8 Å². The highest BCUT2D eigenvalue weighted by Crippen LogP contribution is 2.39. The quantitative estimate of drug-likeness (QED) is 0.547. The summed E-state index contributed by atoms with van der Waals surface area (Å²) in [5.41, 5.74) is 0. The maximum Gasteiger partial charge on any atom is 0.0568 e. The lowest BCUT2D eigenvalue weighted by Crippen LogP contribution is -2.39. The van der Waals surface area contributed by atoms with Crippen LogP contribution in [0.5, 0.6) is 0 Å². The molecule has 2 N–H and O–H groups in total. The number of fused-ring (bicyclic) bond motifs is 2. The van der Waals surface area contributed by atoms with E-state index >= 15 is 0 Å². The van der Waals surface area contributed by atoms with E-state index in [1.165, 1.54) is 0 Å². The second-order valence-corrected chi connectivity index (χ2v) is 4.05. The Kier molecular flexibility index (Phi) is 1.90. The topological polar surface area (TPSA) is 40.5 Å². The second kappa shape index (κ2) is 2.76. The molecule has 0 heterocycles. The average molecular weight is 156 g/mol. The Bertz CT molecular complexity index is 130. The van der Waals surface area contributed by atoms with Gasteiger partial charge in [-0.2, -0.15) is 0 Å². The fraction of sp³-hybridized carbons (Fsp3) is 1.00. The molecule has 11 heavy (non-hydrogen) atoms. The molecule has 0 amide bonds. The zero-order valence-corrected chi connectivity index (χ0v) is 6.74. The van der Waals surface area contributed by atoms with Gasteiger partial charge < -0.3 is 10.2 Å². The molecule has 4 atom stereocenters. The summed E-state index contributed by atoms with van der Waals surface area (Å²) in [6, 6.07) is 0. The van der Waals surface area contributed by atoms with Crippen LogP contribution in [0, 0.1) is 11.8 Å². The number of hydrogen-bond acceptors (Lipinski definition) is 2. The summed E-state index contributed by atoms with van der Waals surface area (Å²) >= 11 is 0. The summed E-state index contributed by atoms with van der Waals surface area (Å²) in [7, 11) is 0. The van der Waals surface area contributed by atoms with E-state index in [1.54, 1.807) is 0 Å². The van der Waals surface area contributed by atoms with Gasteiger partial charge in [0.15, 0.2) is 0 Å². The van der Waals surface area contributed by atoms with Crippen molar-refractivity contribution in [2.45, 2.75) is 44.3 Å². The first-order valence-electron chi connectivity index (χ1n) is 4.63. The van der Waals surface area contributed by atoms with Crippen molar-refractivity contribution in [2.75, 3.05) is 0 Å². The van der Waals surface area contributed by atoms with Crippen LogP contribution in [0.1, 0.15) is 32.1 Å². The SMILES string of the molecule is O[C@@H]1CC[C@@H]2C[C@@H]1CC[C@@H]2O. The molecule has 0 aromatic carbocycles. The third kappa shape index (κ3) is 1.30. The van der Waals surface area contributed by atoms with Gasteiger partial charge in [0, 0.05) is 0 Å². The fourth-order valence-corrected chi connectivity index (χ4v) is 2.56. The molecule has 0 aromatic heterocycles. The maximum atomic E-state index is 9.53. The van der Waals surface area contributed by atoms with Gasteiger partial charge in [-0.1, -0.05) is 0 Å². The highest BCUT2D eigenvalue weighted by atomic mass is 16.3. The van der Waals surface area contributed by atoms with E-state index in [0.717, 1.165) is 32.1 Å². The minimum absolute atomic E-state index is 0.0706. The second-order valence-electron chi connectivity index (χ2n) is 4.05. The van der Waals surface area contributed by atoms with Crippen LogP contribution in [0.2, 0.25) is 0 Å². The number of aliphatic hydroxyl groups is 2. The fourth-order valence-electron chi connectivity index (χ4n) is 2.56. The highest BCUT2D eigenvalue weighted by Gasteiger charge is 2.36. The van der Waals surface area contributed by atoms with Crippen LogP contribution in [0.15, 0.2) is 0 Å². The Morgan fingerprint density at radius 1 is 0.727 bits per heavy atom. The van der Waals surface area contributed by atoms with E-state index in [1.807, 2.05) is 0 Å². The summed E-state index contributed by atoms with van der Waals surface area (Å²) in [6.07, 6.45) is 4.79. The number of hydrogen-bond donors (Lipinski definition) is 2. The molecule has 2 bridgehead atoms. The van der Waals surface area contributed by atoms with Gasteiger partial charge in [-0.05, 0) is 43.9 Å². The van der Waals surface area contributed by atoms with E-state index in [9.17, 15) is 10.2 Å². The van der Waals surface area contributed by atoms with Crippen molar-refractivity contribution >= 4 is 0 Å². The van der Waals surface area contributed by atoms with Gasteiger partial charge in [0.1, 0.15) is 0 Å². The first-order valence-corrected chi connectivity index (χ1v) is 4.63. The predicted octanol–water partition coefficient (Wildman–Crippen LogP) is 0.918. The summed E-state index contributed by atoms with van der Waals surface area (Å²) in [4.78, 5) is 0. The lowest BCUT2D eigenvalue weighted by Gasteiger charge is -2.40. The number of aliphatic hydroxyl groups excluding tert-OH is 2. The summed E-state index contributed by atoms with van der Waals surface area (Å²) in [5, 5.41) is 19.1. The molecule has 0 aliphatic heterocycles. The van der Waals surface area contributed by atoms with Gasteiger partial charge >= 0.3 is 0 Å². The predicted molar refractivity (Wildman–Crippen MR) is 42.1 cm³/mol. The molecule has 0 aromatic rings. The first kappa shape index (κ1) is 7.56. The molecule has 0 unspecified atom stereocenters. The minimum atomic E-state index is -0.0706. The molecule has 2 aliphatic carbocycles. The average Bonchev–Trinajstić information content (AvgIpc) is 2.02. The molecule has 2 fully saturated rings. The first-order chi connectivity index (χ1) is 5.27. The molecule has 2 rings (SSSR count). The molecule has 0 radical (unpaired) electrons. The van der Waals surface area contributed by atoms with Gasteiger partial charge in [-0.15, -0.1) is 0 Å². The van der Waals surface area contributed by atoms with Crippen molar-refractivity contribution in [1.82, 2.24) is 0 Å². The molecular weight excluding hydrogens is 140 g/mol. The van der Waals surface area contributed by atoms with Crippen LogP contribution in [0.3, 0.4) is 0 Å². The molecular formula is C9H16O2. The van der Waals surface area contributed by atoms with Crippen molar-refractivity contribution in [1.29, 1.82) is 0 Å². The van der Waals surface area contributed by atoms with E-state index < -0.39 is 0 Å². The van der Waals surface area contributed by atoms with E-state index in [0.29, 0.717) is 11.8 Å². The van der Waals surface area contributed by atoms with Crippen LogP contribution in [0.4, 0.5) is 0 Å². The zero-order chi connectivity index (χ0) is 7.84. The molecule has 2 saturated carbocycles. The third-order valence-corrected chi connectivity index (χ3v) is 3.36. The number of rotatable bonds is 0. The van der Waals surface area contributed by atoms with Crippen LogP contribution >= 0.6 is 0 Å². The largest absolute Gasteiger partial charge is 0.393 e. The molecule has 2 heteroatoms. The van der Waals surface area contributed by atoms with Crippen LogP contribution < -0.4 is 0 Å². The van der Waals surface area contributed by atoms with Crippen LogP contribution in [-0.2, 0) is 0 Å². The molecule has 2 aliphatic rings. The van der Waals surface area contributed by atoms with Crippen molar-refractivity contribution in [3.8, 4) is 0 Å². The Balaban J connectivity index is 2.02. The Morgan fingerprint density at radius 3 is 1.64 bits per heavy atom. The lowest BCUT2D eigenvalue weighted by molar-refractivity contribution is -0.0381. The minimum Gasteiger partial charge on any atom is -0.393 e. The normalized spacial score (nSPS) is 50.7. The molecule has 2 nitrogen and oxygen atoms in total. The van der Waals surface area contributed by atoms with Gasteiger partial charge in [-0.25, -0.2) is 0 Å². The molecule has 0 saturated heterocycles. The monoisotopic (exact) mass is 156 g/mol. The standard InChI is InChI=1S/C9H16O2/c10-8-3-1-6-5-7(8)2-4-9(6)11/h6-11H,1-5H2/t6-,7+,8-,9+. The lowest BCUT2D eigenvalue weighted by atomic mass is 9.69. The summed E-state index contributed by atoms with van der Waals surface area (Å²) in [5.74, 6) is 0.995. The Morgan fingerprint density at radius 2 is 1.18 bits per heavy atom. The van der Waals surface area contributed by atoms with E-state index in [-0.39, 0.29) is 12.2 Å². The molecule has 0 spiro atoms. The van der Waals surface area contributed by atoms with Crippen molar-refractivity contribution < 1.29 is 10.2 Å². The molecule has 64 valence electrons. The summed E-state index contributed by atoms with van der Waals surface area (Å²) < 4.78 is 0. The van der Waals surface area contributed by atoms with Crippen molar-refractivity contribution in [3.05, 3.63) is 0 Å². The Hall–Kier alpha value is -0.0800. The smallest absolute Gasteiger partial charge is 0.0568 e. The van der Waals surface area contributed by atoms with Gasteiger partial charge in [-0.3, -0.25) is 0 Å². The Labute approximate surface area is 67.2 Å². The van der Waals surface area contributed by atoms with Gasteiger partial charge in [0.2, 0.25) is 0 Å². The van der Waals surface area contributed by atoms with Crippen molar-refractivity contribution in [3.63, 3.8) is 0 Å². The van der Waals surface area contributed by atoms with E-state index in [4.69, 9.17) is 0 Å². The van der Waals surface area contributed by atoms with Gasteiger partial charge in [0.05, 0.1) is 12.2 Å². The summed E-state index contributed by atoms with van der Waals surface area (Å²) in [6.45, 7) is 0. The zero-order valence-electron chi connectivity index (χ0n) is 6.74.